The van der Waals surface area contributed by atoms with E-state index in [2.05, 4.69) is 10.6 Å². The molecule has 0 atom stereocenters. The molecule has 0 bridgehead atoms. The first kappa shape index (κ1) is 14.2. The molecule has 1 rings (SSSR count). The summed E-state index contributed by atoms with van der Waals surface area (Å²) >= 11 is 0. The molecule has 2 amide bonds. The molecule has 0 saturated heterocycles. The lowest BCUT2D eigenvalue weighted by atomic mass is 10.1. The average molecular weight is 248 g/mol. The standard InChI is InChI=1S/C14H20N2O2/c1-4-5-8-15-13(17)14(18)16-12-7-6-10(2)11(3)9-12/h6-7,9H,4-5,8H2,1-3H3,(H,15,17)(H,16,18). The van der Waals surface area contributed by atoms with E-state index in [1.165, 1.54) is 0 Å². The van der Waals surface area contributed by atoms with Gasteiger partial charge in [0.25, 0.3) is 0 Å². The summed E-state index contributed by atoms with van der Waals surface area (Å²) in [5, 5.41) is 5.16. The second kappa shape index (κ2) is 6.79. The van der Waals surface area contributed by atoms with Gasteiger partial charge < -0.3 is 10.6 Å². The SMILES string of the molecule is CCCCNC(=O)C(=O)Nc1ccc(C)c(C)c1. The van der Waals surface area contributed by atoms with Gasteiger partial charge in [0, 0.05) is 12.2 Å². The Morgan fingerprint density at radius 1 is 1.11 bits per heavy atom. The number of hydrogen-bond donors (Lipinski definition) is 2. The van der Waals surface area contributed by atoms with Gasteiger partial charge in [-0.15, -0.1) is 0 Å². The van der Waals surface area contributed by atoms with E-state index < -0.39 is 11.8 Å². The Hall–Kier alpha value is -1.84. The van der Waals surface area contributed by atoms with Gasteiger partial charge in [0.2, 0.25) is 0 Å². The number of carbonyl (C=O) groups excluding carboxylic acids is 2. The monoisotopic (exact) mass is 248 g/mol. The highest BCUT2D eigenvalue weighted by Gasteiger charge is 2.12. The minimum Gasteiger partial charge on any atom is -0.348 e. The summed E-state index contributed by atoms with van der Waals surface area (Å²) in [4.78, 5) is 23.0. The lowest BCUT2D eigenvalue weighted by Crippen LogP contribution is -2.35. The van der Waals surface area contributed by atoms with Crippen LogP contribution < -0.4 is 10.6 Å². The fourth-order valence-corrected chi connectivity index (χ4v) is 1.47. The van der Waals surface area contributed by atoms with Crippen molar-refractivity contribution < 1.29 is 9.59 Å². The van der Waals surface area contributed by atoms with E-state index in [4.69, 9.17) is 0 Å². The van der Waals surface area contributed by atoms with E-state index in [1.54, 1.807) is 6.07 Å². The first-order chi connectivity index (χ1) is 8.54. The predicted molar refractivity (Wildman–Crippen MR) is 72.5 cm³/mol. The zero-order valence-corrected chi connectivity index (χ0v) is 11.2. The second-order valence-electron chi connectivity index (χ2n) is 4.36. The van der Waals surface area contributed by atoms with E-state index in [0.717, 1.165) is 24.0 Å². The number of aryl methyl sites for hydroxylation is 2. The van der Waals surface area contributed by atoms with Gasteiger partial charge in [0.15, 0.2) is 0 Å². The van der Waals surface area contributed by atoms with Crippen molar-refractivity contribution in [2.24, 2.45) is 0 Å². The van der Waals surface area contributed by atoms with Crippen LogP contribution in [0.4, 0.5) is 5.69 Å². The molecule has 2 N–H and O–H groups in total. The Bertz CT molecular complexity index is 441. The van der Waals surface area contributed by atoms with Crippen molar-refractivity contribution >= 4 is 17.5 Å². The lowest BCUT2D eigenvalue weighted by molar-refractivity contribution is -0.136. The van der Waals surface area contributed by atoms with Crippen LogP contribution in [0.2, 0.25) is 0 Å². The van der Waals surface area contributed by atoms with Crippen LogP contribution >= 0.6 is 0 Å². The number of anilines is 1. The van der Waals surface area contributed by atoms with E-state index in [0.29, 0.717) is 12.2 Å². The van der Waals surface area contributed by atoms with Crippen molar-refractivity contribution in [3.05, 3.63) is 29.3 Å². The molecule has 0 aliphatic carbocycles. The third-order valence-corrected chi connectivity index (χ3v) is 2.79. The number of nitrogens with one attached hydrogen (secondary N) is 2. The van der Waals surface area contributed by atoms with Crippen molar-refractivity contribution in [3.8, 4) is 0 Å². The predicted octanol–water partition coefficient (Wildman–Crippen LogP) is 2.16. The third kappa shape index (κ3) is 4.20. The van der Waals surface area contributed by atoms with Crippen LogP contribution in [-0.2, 0) is 9.59 Å². The van der Waals surface area contributed by atoms with Crippen LogP contribution in [0, 0.1) is 13.8 Å². The topological polar surface area (TPSA) is 58.2 Å². The maximum absolute atomic E-state index is 11.6. The highest BCUT2D eigenvalue weighted by Crippen LogP contribution is 2.13. The number of carbonyl (C=O) groups is 2. The molecule has 0 aliphatic rings. The van der Waals surface area contributed by atoms with E-state index in [-0.39, 0.29) is 0 Å². The molecular formula is C14H20N2O2. The molecule has 0 heterocycles. The summed E-state index contributed by atoms with van der Waals surface area (Å²) in [6.07, 6.45) is 1.86. The Morgan fingerprint density at radius 3 is 2.44 bits per heavy atom. The highest BCUT2D eigenvalue weighted by atomic mass is 16.2. The maximum Gasteiger partial charge on any atom is 0.313 e. The van der Waals surface area contributed by atoms with Crippen molar-refractivity contribution in [1.82, 2.24) is 5.32 Å². The van der Waals surface area contributed by atoms with Gasteiger partial charge in [-0.2, -0.15) is 0 Å². The molecule has 4 nitrogen and oxygen atoms in total. The molecule has 0 spiro atoms. The summed E-state index contributed by atoms with van der Waals surface area (Å²) in [6, 6.07) is 5.56. The normalized spacial score (nSPS) is 9.94. The molecule has 98 valence electrons. The first-order valence-electron chi connectivity index (χ1n) is 6.21. The van der Waals surface area contributed by atoms with Crippen molar-refractivity contribution in [2.75, 3.05) is 11.9 Å². The quantitative estimate of drug-likeness (QED) is 0.633. The van der Waals surface area contributed by atoms with Crippen molar-refractivity contribution in [2.45, 2.75) is 33.6 Å². The molecule has 0 saturated carbocycles. The lowest BCUT2D eigenvalue weighted by Gasteiger charge is -2.07. The number of unbranched alkanes of at least 4 members (excludes halogenated alkanes) is 1. The summed E-state index contributed by atoms with van der Waals surface area (Å²) < 4.78 is 0. The molecular weight excluding hydrogens is 228 g/mol. The first-order valence-corrected chi connectivity index (χ1v) is 6.21. The molecule has 4 heteroatoms. The smallest absolute Gasteiger partial charge is 0.313 e. The van der Waals surface area contributed by atoms with Crippen LogP contribution in [-0.4, -0.2) is 18.4 Å². The number of hydrogen-bond acceptors (Lipinski definition) is 2. The van der Waals surface area contributed by atoms with Crippen molar-refractivity contribution in [1.29, 1.82) is 0 Å². The molecule has 0 aliphatic heterocycles. The van der Waals surface area contributed by atoms with Gasteiger partial charge in [-0.25, -0.2) is 0 Å². The molecule has 1 aromatic rings. The van der Waals surface area contributed by atoms with Gasteiger partial charge >= 0.3 is 11.8 Å². The second-order valence-corrected chi connectivity index (χ2v) is 4.36. The van der Waals surface area contributed by atoms with Gasteiger partial charge in [0.05, 0.1) is 0 Å². The molecule has 0 radical (unpaired) electrons. The maximum atomic E-state index is 11.6. The fourth-order valence-electron chi connectivity index (χ4n) is 1.47. The van der Waals surface area contributed by atoms with E-state index in [1.807, 2.05) is 32.9 Å². The summed E-state index contributed by atoms with van der Waals surface area (Å²) in [6.45, 7) is 6.53. The van der Waals surface area contributed by atoms with E-state index in [9.17, 15) is 9.59 Å². The molecule has 18 heavy (non-hydrogen) atoms. The Kier molecular flexibility index (Phi) is 5.36. The van der Waals surface area contributed by atoms with Gasteiger partial charge in [0.1, 0.15) is 0 Å². The molecule has 0 aromatic heterocycles. The Balaban J connectivity index is 2.53. The average Bonchev–Trinajstić information content (AvgIpc) is 2.34. The molecule has 0 unspecified atom stereocenters. The Morgan fingerprint density at radius 2 is 1.83 bits per heavy atom. The van der Waals surface area contributed by atoms with Crippen LogP contribution in [0.1, 0.15) is 30.9 Å². The number of benzene rings is 1. The molecule has 1 aromatic carbocycles. The summed E-state index contributed by atoms with van der Waals surface area (Å²) in [7, 11) is 0. The van der Waals surface area contributed by atoms with Crippen LogP contribution in [0.25, 0.3) is 0 Å². The zero-order chi connectivity index (χ0) is 13.5. The van der Waals surface area contributed by atoms with Gasteiger partial charge in [-0.1, -0.05) is 19.4 Å². The summed E-state index contributed by atoms with van der Waals surface area (Å²) in [5.41, 5.74) is 2.88. The minimum atomic E-state index is -0.616. The Labute approximate surface area is 108 Å². The highest BCUT2D eigenvalue weighted by molar-refractivity contribution is 6.39. The minimum absolute atomic E-state index is 0.537. The van der Waals surface area contributed by atoms with Gasteiger partial charge in [-0.05, 0) is 43.5 Å². The van der Waals surface area contributed by atoms with E-state index >= 15 is 0 Å². The number of amides is 2. The van der Waals surface area contributed by atoms with Crippen LogP contribution in [0.3, 0.4) is 0 Å². The summed E-state index contributed by atoms with van der Waals surface area (Å²) in [5.74, 6) is -1.20. The van der Waals surface area contributed by atoms with Gasteiger partial charge in [-0.3, -0.25) is 9.59 Å². The number of rotatable bonds is 4. The zero-order valence-electron chi connectivity index (χ0n) is 11.2. The van der Waals surface area contributed by atoms with Crippen LogP contribution in [0.5, 0.6) is 0 Å². The largest absolute Gasteiger partial charge is 0.348 e. The molecule has 0 fully saturated rings. The van der Waals surface area contributed by atoms with Crippen molar-refractivity contribution in [3.63, 3.8) is 0 Å². The third-order valence-electron chi connectivity index (χ3n) is 2.79. The van der Waals surface area contributed by atoms with Crippen LogP contribution in [0.15, 0.2) is 18.2 Å². The fraction of sp³-hybridized carbons (Fsp3) is 0.429.